The summed E-state index contributed by atoms with van der Waals surface area (Å²) < 4.78 is 14.1. The van der Waals surface area contributed by atoms with Crippen LogP contribution in [0.5, 0.6) is 0 Å². The molecule has 0 aliphatic carbocycles. The number of carbonyl (C=O) groups is 1. The van der Waals surface area contributed by atoms with E-state index < -0.39 is 5.82 Å². The van der Waals surface area contributed by atoms with Crippen LogP contribution in [0.2, 0.25) is 0 Å². The van der Waals surface area contributed by atoms with Crippen LogP contribution in [0.4, 0.5) is 4.39 Å². The zero-order valence-corrected chi connectivity index (χ0v) is 12.4. The molecular formula is C14H18BrFN2O. The highest BCUT2D eigenvalue weighted by Gasteiger charge is 2.15. The Bertz CT molecular complexity index is 427. The van der Waals surface area contributed by atoms with E-state index in [1.165, 1.54) is 25.3 Å². The molecule has 0 atom stereocenters. The fourth-order valence-electron chi connectivity index (χ4n) is 2.31. The summed E-state index contributed by atoms with van der Waals surface area (Å²) in [7, 11) is 0. The summed E-state index contributed by atoms with van der Waals surface area (Å²) in [5.74, 6) is -0.855. The van der Waals surface area contributed by atoms with Gasteiger partial charge in [-0.1, -0.05) is 12.5 Å². The van der Waals surface area contributed by atoms with Gasteiger partial charge in [0.1, 0.15) is 5.82 Å². The van der Waals surface area contributed by atoms with E-state index in [4.69, 9.17) is 0 Å². The van der Waals surface area contributed by atoms with E-state index in [0.29, 0.717) is 11.0 Å². The zero-order chi connectivity index (χ0) is 13.7. The van der Waals surface area contributed by atoms with Crippen molar-refractivity contribution in [3.05, 3.63) is 34.1 Å². The standard InChI is InChI=1S/C14H18BrFN2O/c15-11-5-4-6-12(16)13(11)14(19)17-7-10-18-8-2-1-3-9-18/h4-6H,1-3,7-10H2,(H,17,19). The van der Waals surface area contributed by atoms with Gasteiger partial charge in [-0.3, -0.25) is 4.79 Å². The number of benzene rings is 1. The van der Waals surface area contributed by atoms with Crippen molar-refractivity contribution in [1.82, 2.24) is 10.2 Å². The highest BCUT2D eigenvalue weighted by atomic mass is 79.9. The molecule has 0 saturated carbocycles. The highest BCUT2D eigenvalue weighted by Crippen LogP contribution is 2.19. The lowest BCUT2D eigenvalue weighted by Gasteiger charge is -2.26. The van der Waals surface area contributed by atoms with E-state index in [9.17, 15) is 9.18 Å². The van der Waals surface area contributed by atoms with Gasteiger partial charge in [0.2, 0.25) is 0 Å². The Morgan fingerprint density at radius 1 is 1.32 bits per heavy atom. The largest absolute Gasteiger partial charge is 0.351 e. The third kappa shape index (κ3) is 4.01. The molecule has 1 aromatic rings. The number of nitrogens with one attached hydrogen (secondary N) is 1. The summed E-state index contributed by atoms with van der Waals surface area (Å²) in [5.41, 5.74) is 0.0844. The molecule has 1 heterocycles. The Labute approximate surface area is 121 Å². The molecule has 0 aromatic heterocycles. The molecule has 1 aliphatic rings. The molecule has 0 radical (unpaired) electrons. The molecule has 1 fully saturated rings. The smallest absolute Gasteiger partial charge is 0.255 e. The molecule has 1 amide bonds. The minimum Gasteiger partial charge on any atom is -0.351 e. The molecule has 2 rings (SSSR count). The lowest BCUT2D eigenvalue weighted by atomic mass is 10.1. The zero-order valence-electron chi connectivity index (χ0n) is 10.8. The molecule has 1 N–H and O–H groups in total. The molecule has 0 spiro atoms. The van der Waals surface area contributed by atoms with Crippen LogP contribution in [-0.2, 0) is 0 Å². The van der Waals surface area contributed by atoms with Gasteiger partial charge in [-0.15, -0.1) is 0 Å². The van der Waals surface area contributed by atoms with Gasteiger partial charge in [-0.2, -0.15) is 0 Å². The van der Waals surface area contributed by atoms with E-state index in [1.54, 1.807) is 12.1 Å². The van der Waals surface area contributed by atoms with Gasteiger partial charge in [0, 0.05) is 17.6 Å². The number of rotatable bonds is 4. The quantitative estimate of drug-likeness (QED) is 0.921. The lowest BCUT2D eigenvalue weighted by Crippen LogP contribution is -2.37. The van der Waals surface area contributed by atoms with Crippen molar-refractivity contribution < 1.29 is 9.18 Å². The highest BCUT2D eigenvalue weighted by molar-refractivity contribution is 9.10. The van der Waals surface area contributed by atoms with E-state index in [0.717, 1.165) is 19.6 Å². The van der Waals surface area contributed by atoms with Crippen molar-refractivity contribution >= 4 is 21.8 Å². The third-order valence-electron chi connectivity index (χ3n) is 3.35. The minimum atomic E-state index is -0.496. The second-order valence-corrected chi connectivity index (χ2v) is 5.61. The normalized spacial score (nSPS) is 16.3. The second-order valence-electron chi connectivity index (χ2n) is 4.75. The maximum absolute atomic E-state index is 13.6. The number of hydrogen-bond acceptors (Lipinski definition) is 2. The molecule has 1 aromatic carbocycles. The third-order valence-corrected chi connectivity index (χ3v) is 4.01. The molecule has 104 valence electrons. The predicted molar refractivity (Wildman–Crippen MR) is 76.7 cm³/mol. The number of likely N-dealkylation sites (tertiary alicyclic amines) is 1. The fraction of sp³-hybridized carbons (Fsp3) is 0.500. The summed E-state index contributed by atoms with van der Waals surface area (Å²) in [4.78, 5) is 14.3. The number of amides is 1. The van der Waals surface area contributed by atoms with E-state index in [-0.39, 0.29) is 11.5 Å². The number of hydrogen-bond donors (Lipinski definition) is 1. The Kier molecular flexibility index (Phi) is 5.34. The maximum Gasteiger partial charge on any atom is 0.255 e. The summed E-state index contributed by atoms with van der Waals surface area (Å²) in [6.07, 6.45) is 3.75. The number of halogens is 2. The maximum atomic E-state index is 13.6. The Morgan fingerprint density at radius 2 is 2.05 bits per heavy atom. The lowest BCUT2D eigenvalue weighted by molar-refractivity contribution is 0.0941. The molecule has 0 unspecified atom stereocenters. The first-order valence-corrected chi connectivity index (χ1v) is 7.42. The Hall–Kier alpha value is -0.940. The average Bonchev–Trinajstić information content (AvgIpc) is 2.40. The van der Waals surface area contributed by atoms with Crippen LogP contribution in [0.25, 0.3) is 0 Å². The van der Waals surface area contributed by atoms with E-state index in [1.807, 2.05) is 0 Å². The first kappa shape index (κ1) is 14.5. The van der Waals surface area contributed by atoms with Crippen LogP contribution in [0, 0.1) is 5.82 Å². The van der Waals surface area contributed by atoms with Crippen LogP contribution >= 0.6 is 15.9 Å². The Balaban J connectivity index is 1.84. The van der Waals surface area contributed by atoms with Crippen LogP contribution in [0.3, 0.4) is 0 Å². The average molecular weight is 329 g/mol. The monoisotopic (exact) mass is 328 g/mol. The Morgan fingerprint density at radius 3 is 2.74 bits per heavy atom. The number of carbonyl (C=O) groups excluding carboxylic acids is 1. The van der Waals surface area contributed by atoms with E-state index in [2.05, 4.69) is 26.1 Å². The summed E-state index contributed by atoms with van der Waals surface area (Å²) in [6.45, 7) is 3.58. The fourth-order valence-corrected chi connectivity index (χ4v) is 2.84. The van der Waals surface area contributed by atoms with Crippen LogP contribution in [0.15, 0.2) is 22.7 Å². The first-order valence-electron chi connectivity index (χ1n) is 6.63. The van der Waals surface area contributed by atoms with Crippen molar-refractivity contribution in [1.29, 1.82) is 0 Å². The summed E-state index contributed by atoms with van der Waals surface area (Å²) >= 11 is 3.20. The molecule has 3 nitrogen and oxygen atoms in total. The number of piperidine rings is 1. The molecular weight excluding hydrogens is 311 g/mol. The summed E-state index contributed by atoms with van der Waals surface area (Å²) in [5, 5.41) is 2.78. The van der Waals surface area contributed by atoms with Gasteiger partial charge >= 0.3 is 0 Å². The van der Waals surface area contributed by atoms with Crippen molar-refractivity contribution in [2.45, 2.75) is 19.3 Å². The molecule has 1 aliphatic heterocycles. The van der Waals surface area contributed by atoms with Crippen molar-refractivity contribution in [2.24, 2.45) is 0 Å². The van der Waals surface area contributed by atoms with Crippen LogP contribution in [-0.4, -0.2) is 37.0 Å². The molecule has 5 heteroatoms. The van der Waals surface area contributed by atoms with Gasteiger partial charge in [0.15, 0.2) is 0 Å². The molecule has 0 bridgehead atoms. The first-order chi connectivity index (χ1) is 9.18. The van der Waals surface area contributed by atoms with Crippen molar-refractivity contribution in [2.75, 3.05) is 26.2 Å². The summed E-state index contributed by atoms with van der Waals surface area (Å²) in [6, 6.07) is 4.54. The van der Waals surface area contributed by atoms with Gasteiger partial charge in [0.25, 0.3) is 5.91 Å². The van der Waals surface area contributed by atoms with E-state index >= 15 is 0 Å². The van der Waals surface area contributed by atoms with Crippen molar-refractivity contribution in [3.8, 4) is 0 Å². The SMILES string of the molecule is O=C(NCCN1CCCCC1)c1c(F)cccc1Br. The van der Waals surface area contributed by atoms with Crippen LogP contribution < -0.4 is 5.32 Å². The molecule has 19 heavy (non-hydrogen) atoms. The van der Waals surface area contributed by atoms with Crippen molar-refractivity contribution in [3.63, 3.8) is 0 Å². The van der Waals surface area contributed by atoms with Gasteiger partial charge in [0.05, 0.1) is 5.56 Å². The minimum absolute atomic E-state index is 0.0844. The van der Waals surface area contributed by atoms with Gasteiger partial charge in [-0.05, 0) is 54.0 Å². The second kappa shape index (κ2) is 7.01. The number of nitrogens with zero attached hydrogens (tertiary/aromatic N) is 1. The predicted octanol–water partition coefficient (Wildman–Crippen LogP) is 2.80. The topological polar surface area (TPSA) is 32.3 Å². The molecule has 1 saturated heterocycles. The van der Waals surface area contributed by atoms with Crippen LogP contribution in [0.1, 0.15) is 29.6 Å². The van der Waals surface area contributed by atoms with Gasteiger partial charge < -0.3 is 10.2 Å². The van der Waals surface area contributed by atoms with Gasteiger partial charge in [-0.25, -0.2) is 4.39 Å².